The summed E-state index contributed by atoms with van der Waals surface area (Å²) in [5.74, 6) is -0.0580. The van der Waals surface area contributed by atoms with Crippen LogP contribution in [0.5, 0.6) is 0 Å². The SMILES string of the molecule is CCNc1cc(C(=O)NC2(C)CCOC2)c([N+](=O)[O-])cn1. The van der Waals surface area contributed by atoms with Gasteiger partial charge < -0.3 is 15.4 Å². The highest BCUT2D eigenvalue weighted by molar-refractivity contribution is 5.99. The maximum atomic E-state index is 12.4. The Labute approximate surface area is 122 Å². The fourth-order valence-electron chi connectivity index (χ4n) is 2.16. The largest absolute Gasteiger partial charge is 0.379 e. The normalized spacial score (nSPS) is 21.0. The van der Waals surface area contributed by atoms with Crippen LogP contribution >= 0.6 is 0 Å². The molecule has 1 amide bonds. The van der Waals surface area contributed by atoms with Crippen LogP contribution in [0, 0.1) is 10.1 Å². The van der Waals surface area contributed by atoms with Gasteiger partial charge in [-0.15, -0.1) is 0 Å². The van der Waals surface area contributed by atoms with Crippen molar-refractivity contribution in [3.63, 3.8) is 0 Å². The van der Waals surface area contributed by atoms with E-state index in [1.54, 1.807) is 0 Å². The zero-order valence-corrected chi connectivity index (χ0v) is 12.0. The number of amides is 1. The van der Waals surface area contributed by atoms with Crippen molar-refractivity contribution in [2.75, 3.05) is 25.1 Å². The van der Waals surface area contributed by atoms with Crippen LogP contribution in [0.1, 0.15) is 30.6 Å². The molecule has 1 aromatic heterocycles. The van der Waals surface area contributed by atoms with E-state index in [4.69, 9.17) is 4.74 Å². The third-order valence-electron chi connectivity index (χ3n) is 3.32. The van der Waals surface area contributed by atoms with Crippen molar-refractivity contribution in [1.29, 1.82) is 0 Å². The summed E-state index contributed by atoms with van der Waals surface area (Å²) in [6, 6.07) is 1.40. The van der Waals surface area contributed by atoms with E-state index in [-0.39, 0.29) is 11.3 Å². The predicted octanol–water partition coefficient (Wildman–Crippen LogP) is 1.33. The van der Waals surface area contributed by atoms with Gasteiger partial charge in [0, 0.05) is 19.2 Å². The molecule has 2 N–H and O–H groups in total. The summed E-state index contributed by atoms with van der Waals surface area (Å²) in [5.41, 5.74) is -0.803. The number of nitrogens with one attached hydrogen (secondary N) is 2. The van der Waals surface area contributed by atoms with Crippen LogP contribution in [0.4, 0.5) is 11.5 Å². The first kappa shape index (κ1) is 15.2. The quantitative estimate of drug-likeness (QED) is 0.626. The van der Waals surface area contributed by atoms with Gasteiger partial charge in [-0.2, -0.15) is 0 Å². The number of anilines is 1. The number of nitrogens with zero attached hydrogens (tertiary/aromatic N) is 2. The van der Waals surface area contributed by atoms with Crippen molar-refractivity contribution in [1.82, 2.24) is 10.3 Å². The number of nitro groups is 1. The number of hydrogen-bond acceptors (Lipinski definition) is 6. The van der Waals surface area contributed by atoms with Crippen molar-refractivity contribution in [3.05, 3.63) is 27.9 Å². The van der Waals surface area contributed by atoms with E-state index in [1.165, 1.54) is 6.07 Å². The lowest BCUT2D eigenvalue weighted by atomic mass is 10.0. The number of aromatic nitrogens is 1. The standard InChI is InChI=1S/C13H18N4O4/c1-3-14-11-6-9(10(7-15-11)17(19)20)12(18)16-13(2)4-5-21-8-13/h6-7H,3-5,8H2,1-2H3,(H,14,15)(H,16,18). The lowest BCUT2D eigenvalue weighted by Gasteiger charge is -2.23. The predicted molar refractivity (Wildman–Crippen MR) is 76.4 cm³/mol. The van der Waals surface area contributed by atoms with Gasteiger partial charge in [0.25, 0.3) is 11.6 Å². The molecule has 21 heavy (non-hydrogen) atoms. The Bertz CT molecular complexity index is 555. The van der Waals surface area contributed by atoms with Crippen molar-refractivity contribution in [3.8, 4) is 0 Å². The molecule has 114 valence electrons. The lowest BCUT2D eigenvalue weighted by molar-refractivity contribution is -0.385. The number of hydrogen-bond donors (Lipinski definition) is 2. The highest BCUT2D eigenvalue weighted by Crippen LogP contribution is 2.23. The average molecular weight is 294 g/mol. The second kappa shape index (κ2) is 6.04. The zero-order chi connectivity index (χ0) is 15.5. The third kappa shape index (κ3) is 3.46. The highest BCUT2D eigenvalue weighted by atomic mass is 16.6. The van der Waals surface area contributed by atoms with E-state index >= 15 is 0 Å². The number of carbonyl (C=O) groups excluding carboxylic acids is 1. The summed E-state index contributed by atoms with van der Waals surface area (Å²) in [5, 5.41) is 16.8. The molecule has 8 nitrogen and oxygen atoms in total. The number of rotatable bonds is 5. The van der Waals surface area contributed by atoms with E-state index in [0.717, 1.165) is 6.20 Å². The van der Waals surface area contributed by atoms with Gasteiger partial charge in [-0.25, -0.2) is 4.98 Å². The molecule has 1 unspecified atom stereocenters. The Kier molecular flexibility index (Phi) is 4.37. The number of pyridine rings is 1. The van der Waals surface area contributed by atoms with Gasteiger partial charge in [-0.1, -0.05) is 0 Å². The molecule has 1 saturated heterocycles. The van der Waals surface area contributed by atoms with E-state index in [2.05, 4.69) is 15.6 Å². The van der Waals surface area contributed by atoms with Crippen molar-refractivity contribution < 1.29 is 14.5 Å². The van der Waals surface area contributed by atoms with Crippen molar-refractivity contribution in [2.45, 2.75) is 25.8 Å². The molecule has 1 aliphatic rings. The molecule has 0 bridgehead atoms. The Balaban J connectivity index is 2.28. The molecule has 0 radical (unpaired) electrons. The summed E-state index contributed by atoms with van der Waals surface area (Å²) < 4.78 is 5.26. The molecule has 0 aromatic carbocycles. The molecule has 0 spiro atoms. The van der Waals surface area contributed by atoms with E-state index < -0.39 is 16.4 Å². The Hall–Kier alpha value is -2.22. The van der Waals surface area contributed by atoms with Crippen molar-refractivity contribution in [2.24, 2.45) is 0 Å². The third-order valence-corrected chi connectivity index (χ3v) is 3.32. The van der Waals surface area contributed by atoms with Gasteiger partial charge in [0.05, 0.1) is 17.1 Å². The van der Waals surface area contributed by atoms with Gasteiger partial charge >= 0.3 is 0 Å². The summed E-state index contributed by atoms with van der Waals surface area (Å²) in [7, 11) is 0. The van der Waals surface area contributed by atoms with Crippen LogP contribution in [-0.2, 0) is 4.74 Å². The van der Waals surface area contributed by atoms with Crippen LogP contribution in [0.3, 0.4) is 0 Å². The Morgan fingerprint density at radius 2 is 2.38 bits per heavy atom. The fourth-order valence-corrected chi connectivity index (χ4v) is 2.16. The molecule has 0 saturated carbocycles. The van der Waals surface area contributed by atoms with Crippen LogP contribution in [-0.4, -0.2) is 41.1 Å². The van der Waals surface area contributed by atoms with Gasteiger partial charge in [0.2, 0.25) is 0 Å². The van der Waals surface area contributed by atoms with Gasteiger partial charge in [0.15, 0.2) is 0 Å². The van der Waals surface area contributed by atoms with Crippen LogP contribution in [0.2, 0.25) is 0 Å². The lowest BCUT2D eigenvalue weighted by Crippen LogP contribution is -2.46. The summed E-state index contributed by atoms with van der Waals surface area (Å²) in [6.07, 6.45) is 1.78. The average Bonchev–Trinajstić information content (AvgIpc) is 2.85. The molecule has 1 fully saturated rings. The smallest absolute Gasteiger partial charge is 0.300 e. The first-order valence-corrected chi connectivity index (χ1v) is 6.74. The number of carbonyl (C=O) groups is 1. The van der Waals surface area contributed by atoms with E-state index in [9.17, 15) is 14.9 Å². The summed E-state index contributed by atoms with van der Waals surface area (Å²) in [6.45, 7) is 5.31. The molecule has 8 heteroatoms. The fraction of sp³-hybridized carbons (Fsp3) is 0.538. The second-order valence-corrected chi connectivity index (χ2v) is 5.19. The van der Waals surface area contributed by atoms with Crippen molar-refractivity contribution >= 4 is 17.4 Å². The minimum absolute atomic E-state index is 0.000856. The first-order chi connectivity index (χ1) is 9.95. The molecule has 0 aliphatic carbocycles. The highest BCUT2D eigenvalue weighted by Gasteiger charge is 2.33. The molecule has 2 rings (SSSR count). The molecular formula is C13H18N4O4. The molecule has 1 aromatic rings. The summed E-state index contributed by atoms with van der Waals surface area (Å²) >= 11 is 0. The molecule has 2 heterocycles. The van der Waals surface area contributed by atoms with Crippen LogP contribution in [0.15, 0.2) is 12.3 Å². The second-order valence-electron chi connectivity index (χ2n) is 5.19. The first-order valence-electron chi connectivity index (χ1n) is 6.74. The van der Waals surface area contributed by atoms with Crippen LogP contribution < -0.4 is 10.6 Å². The monoisotopic (exact) mass is 294 g/mol. The topological polar surface area (TPSA) is 106 Å². The maximum absolute atomic E-state index is 12.4. The molecular weight excluding hydrogens is 276 g/mol. The van der Waals surface area contributed by atoms with E-state index in [0.29, 0.717) is 32.0 Å². The van der Waals surface area contributed by atoms with E-state index in [1.807, 2.05) is 13.8 Å². The summed E-state index contributed by atoms with van der Waals surface area (Å²) in [4.78, 5) is 26.7. The van der Waals surface area contributed by atoms with Gasteiger partial charge in [-0.05, 0) is 20.3 Å². The minimum atomic E-state index is -0.606. The zero-order valence-electron chi connectivity index (χ0n) is 12.0. The Morgan fingerprint density at radius 3 is 2.95 bits per heavy atom. The number of ether oxygens (including phenoxy) is 1. The van der Waals surface area contributed by atoms with Gasteiger partial charge in [0.1, 0.15) is 17.6 Å². The van der Waals surface area contributed by atoms with Gasteiger partial charge in [-0.3, -0.25) is 14.9 Å². The molecule has 1 atom stereocenters. The van der Waals surface area contributed by atoms with Crippen LogP contribution in [0.25, 0.3) is 0 Å². The molecule has 1 aliphatic heterocycles. The maximum Gasteiger partial charge on any atom is 0.300 e. The Morgan fingerprint density at radius 1 is 1.62 bits per heavy atom. The minimum Gasteiger partial charge on any atom is -0.379 e.